The molecular weight excluding hydrogens is 302 g/mol. The molecule has 0 radical (unpaired) electrons. The molecule has 0 saturated heterocycles. The summed E-state index contributed by atoms with van der Waals surface area (Å²) in [6, 6.07) is 11.7. The fourth-order valence-electron chi connectivity index (χ4n) is 3.09. The lowest BCUT2D eigenvalue weighted by Gasteiger charge is -2.26. The van der Waals surface area contributed by atoms with Gasteiger partial charge in [0.15, 0.2) is 0 Å². The minimum atomic E-state index is -0.0919. The lowest BCUT2D eigenvalue weighted by Crippen LogP contribution is -2.37. The molecule has 0 aliphatic carbocycles. The maximum atomic E-state index is 12.4. The van der Waals surface area contributed by atoms with Crippen LogP contribution in [0.1, 0.15) is 28.0 Å². The zero-order valence-electron chi connectivity index (χ0n) is 13.5. The van der Waals surface area contributed by atoms with E-state index in [9.17, 15) is 4.79 Å². The molecule has 122 valence electrons. The number of carbonyl (C=O) groups excluding carboxylic acids is 1. The number of rotatable bonds is 3. The summed E-state index contributed by atoms with van der Waals surface area (Å²) in [6.07, 6.45) is 5.63. The van der Waals surface area contributed by atoms with Crippen LogP contribution < -0.4 is 10.1 Å². The number of hydrogen-bond donors (Lipinski definition) is 1. The first-order chi connectivity index (χ1) is 11.7. The molecule has 3 heterocycles. The van der Waals surface area contributed by atoms with Gasteiger partial charge in [-0.1, -0.05) is 18.2 Å². The van der Waals surface area contributed by atoms with Gasteiger partial charge in [0.1, 0.15) is 17.5 Å². The van der Waals surface area contributed by atoms with Crippen LogP contribution in [0.5, 0.6) is 5.75 Å². The second kappa shape index (κ2) is 6.00. The summed E-state index contributed by atoms with van der Waals surface area (Å²) < 4.78 is 7.83. The van der Waals surface area contributed by atoms with E-state index in [1.807, 2.05) is 48.0 Å². The van der Waals surface area contributed by atoms with Crippen molar-refractivity contribution in [3.8, 4) is 5.75 Å². The van der Waals surface area contributed by atoms with Gasteiger partial charge in [-0.15, -0.1) is 0 Å². The van der Waals surface area contributed by atoms with Gasteiger partial charge in [0, 0.05) is 12.4 Å². The third-order valence-electron chi connectivity index (χ3n) is 4.33. The quantitative estimate of drug-likeness (QED) is 0.807. The first-order valence-corrected chi connectivity index (χ1v) is 8.17. The molecule has 0 bridgehead atoms. The van der Waals surface area contributed by atoms with Gasteiger partial charge in [-0.3, -0.25) is 4.79 Å². The lowest BCUT2D eigenvalue weighted by atomic mass is 10.0. The van der Waals surface area contributed by atoms with Gasteiger partial charge < -0.3 is 14.5 Å². The van der Waals surface area contributed by atoms with Crippen LogP contribution in [0, 0.1) is 6.92 Å². The predicted octanol–water partition coefficient (Wildman–Crippen LogP) is 2.77. The molecule has 1 aliphatic rings. The summed E-state index contributed by atoms with van der Waals surface area (Å²) in [6.45, 7) is 2.44. The summed E-state index contributed by atoms with van der Waals surface area (Å²) in [4.78, 5) is 16.7. The van der Waals surface area contributed by atoms with Crippen molar-refractivity contribution < 1.29 is 9.53 Å². The van der Waals surface area contributed by atoms with Gasteiger partial charge >= 0.3 is 0 Å². The number of hydrogen-bond acceptors (Lipinski definition) is 3. The molecule has 1 aromatic carbocycles. The van der Waals surface area contributed by atoms with Crippen LogP contribution in [0.2, 0.25) is 0 Å². The number of ether oxygens (including phenoxy) is 1. The number of imidazole rings is 1. The van der Waals surface area contributed by atoms with Crippen LogP contribution >= 0.6 is 0 Å². The van der Waals surface area contributed by atoms with Gasteiger partial charge in [0.2, 0.25) is 0 Å². The van der Waals surface area contributed by atoms with Crippen LogP contribution in [0.4, 0.5) is 0 Å². The van der Waals surface area contributed by atoms with E-state index in [1.54, 1.807) is 6.07 Å². The highest BCUT2D eigenvalue weighted by molar-refractivity contribution is 5.94. The summed E-state index contributed by atoms with van der Waals surface area (Å²) >= 11 is 0. The smallest absolute Gasteiger partial charge is 0.252 e. The molecular formula is C19H19N3O2. The van der Waals surface area contributed by atoms with Gasteiger partial charge in [0.25, 0.3) is 5.91 Å². The zero-order valence-corrected chi connectivity index (χ0v) is 13.5. The number of pyridine rings is 1. The minimum absolute atomic E-state index is 0.0167. The molecule has 1 atom stereocenters. The van der Waals surface area contributed by atoms with Gasteiger partial charge in [0.05, 0.1) is 17.8 Å². The molecule has 24 heavy (non-hydrogen) atoms. The number of aryl methyl sites for hydroxylation is 2. The Morgan fingerprint density at radius 1 is 1.29 bits per heavy atom. The minimum Gasteiger partial charge on any atom is -0.488 e. The highest BCUT2D eigenvalue weighted by Crippen LogP contribution is 2.26. The van der Waals surface area contributed by atoms with Crippen molar-refractivity contribution in [1.82, 2.24) is 14.7 Å². The van der Waals surface area contributed by atoms with Crippen molar-refractivity contribution in [2.75, 3.05) is 6.54 Å². The maximum absolute atomic E-state index is 12.4. The Morgan fingerprint density at radius 2 is 2.17 bits per heavy atom. The Morgan fingerprint density at radius 3 is 3.08 bits per heavy atom. The molecule has 2 aromatic heterocycles. The van der Waals surface area contributed by atoms with E-state index in [4.69, 9.17) is 4.74 Å². The van der Waals surface area contributed by atoms with Crippen LogP contribution in [0.15, 0.2) is 48.8 Å². The highest BCUT2D eigenvalue weighted by atomic mass is 16.5. The topological polar surface area (TPSA) is 55.6 Å². The Hall–Kier alpha value is -2.82. The molecule has 0 saturated carbocycles. The molecule has 0 fully saturated rings. The average Bonchev–Trinajstić information content (AvgIpc) is 2.98. The number of aromatic nitrogens is 2. The summed E-state index contributed by atoms with van der Waals surface area (Å²) in [5.41, 5.74) is 3.63. The molecule has 4 rings (SSSR count). The Labute approximate surface area is 140 Å². The normalized spacial score (nSPS) is 16.5. The third-order valence-corrected chi connectivity index (χ3v) is 4.33. The first-order valence-electron chi connectivity index (χ1n) is 8.17. The molecule has 5 heteroatoms. The van der Waals surface area contributed by atoms with Crippen LogP contribution in [0.25, 0.3) is 5.65 Å². The third kappa shape index (κ3) is 2.85. The van der Waals surface area contributed by atoms with Crippen LogP contribution in [0.3, 0.4) is 0 Å². The van der Waals surface area contributed by atoms with Crippen molar-refractivity contribution in [1.29, 1.82) is 0 Å². The second-order valence-corrected chi connectivity index (χ2v) is 6.16. The number of amides is 1. The Balaban J connectivity index is 1.41. The summed E-state index contributed by atoms with van der Waals surface area (Å²) in [5, 5.41) is 2.97. The van der Waals surface area contributed by atoms with E-state index in [0.29, 0.717) is 12.1 Å². The van der Waals surface area contributed by atoms with Crippen LogP contribution in [-0.4, -0.2) is 27.9 Å². The summed E-state index contributed by atoms with van der Waals surface area (Å²) in [5.74, 6) is 0.837. The first kappa shape index (κ1) is 14.8. The van der Waals surface area contributed by atoms with Gasteiger partial charge in [-0.25, -0.2) is 4.98 Å². The number of benzene rings is 1. The van der Waals surface area contributed by atoms with E-state index in [-0.39, 0.29) is 12.0 Å². The maximum Gasteiger partial charge on any atom is 0.252 e. The molecule has 1 N–H and O–H groups in total. The zero-order chi connectivity index (χ0) is 16.5. The fraction of sp³-hybridized carbons (Fsp3) is 0.263. The van der Waals surface area contributed by atoms with E-state index in [2.05, 4.69) is 16.4 Å². The van der Waals surface area contributed by atoms with E-state index in [1.165, 1.54) is 5.56 Å². The number of carbonyl (C=O) groups is 1. The average molecular weight is 321 g/mol. The Bertz CT molecular complexity index is 901. The Kier molecular flexibility index (Phi) is 3.69. The fourth-order valence-corrected chi connectivity index (χ4v) is 3.09. The molecule has 5 nitrogen and oxygen atoms in total. The number of para-hydroxylation sites is 1. The standard InChI is InChI=1S/C19H19N3O2/c1-13-11-22-12-15(7-9-18(22)21-13)19(23)20-10-16-8-6-14-4-2-3-5-17(14)24-16/h2-5,7,9,11-12,16H,6,8,10H2,1H3,(H,20,23)/t16-/m1/s1. The molecule has 0 spiro atoms. The second-order valence-electron chi connectivity index (χ2n) is 6.16. The molecule has 3 aromatic rings. The van der Waals surface area contributed by atoms with E-state index >= 15 is 0 Å². The predicted molar refractivity (Wildman–Crippen MR) is 91.4 cm³/mol. The monoisotopic (exact) mass is 321 g/mol. The number of fused-ring (bicyclic) bond motifs is 2. The van der Waals surface area contributed by atoms with Crippen molar-refractivity contribution in [3.05, 3.63) is 65.6 Å². The van der Waals surface area contributed by atoms with E-state index < -0.39 is 0 Å². The van der Waals surface area contributed by atoms with Crippen LogP contribution in [-0.2, 0) is 6.42 Å². The number of nitrogens with zero attached hydrogens (tertiary/aromatic N) is 2. The molecule has 0 unspecified atom stereocenters. The van der Waals surface area contributed by atoms with Gasteiger partial charge in [-0.2, -0.15) is 0 Å². The summed E-state index contributed by atoms with van der Waals surface area (Å²) in [7, 11) is 0. The van der Waals surface area contributed by atoms with Crippen molar-refractivity contribution in [2.45, 2.75) is 25.9 Å². The van der Waals surface area contributed by atoms with Crippen molar-refractivity contribution in [2.24, 2.45) is 0 Å². The largest absolute Gasteiger partial charge is 0.488 e. The number of nitrogens with one attached hydrogen (secondary N) is 1. The highest BCUT2D eigenvalue weighted by Gasteiger charge is 2.20. The van der Waals surface area contributed by atoms with Gasteiger partial charge in [-0.05, 0) is 43.5 Å². The lowest BCUT2D eigenvalue weighted by molar-refractivity contribution is 0.0918. The molecule has 1 aliphatic heterocycles. The SMILES string of the molecule is Cc1cn2cc(C(=O)NC[C@H]3CCc4ccccc4O3)ccc2n1. The van der Waals surface area contributed by atoms with Crippen molar-refractivity contribution >= 4 is 11.6 Å². The molecule has 1 amide bonds. The van der Waals surface area contributed by atoms with Crippen molar-refractivity contribution in [3.63, 3.8) is 0 Å². The van der Waals surface area contributed by atoms with E-state index in [0.717, 1.165) is 29.9 Å².